The van der Waals surface area contributed by atoms with Crippen molar-refractivity contribution in [2.75, 3.05) is 18.0 Å². The molecule has 1 aromatic carbocycles. The number of carboxylic acid groups (broad SMARTS) is 1. The van der Waals surface area contributed by atoms with Gasteiger partial charge in [-0.3, -0.25) is 4.98 Å². The minimum atomic E-state index is -0.936. The van der Waals surface area contributed by atoms with Crippen LogP contribution in [-0.2, 0) is 0 Å². The zero-order chi connectivity index (χ0) is 12.7. The number of hydrogen-bond acceptors (Lipinski definition) is 3. The summed E-state index contributed by atoms with van der Waals surface area (Å²) in [7, 11) is 0. The molecule has 0 saturated carbocycles. The van der Waals surface area contributed by atoms with Gasteiger partial charge in [0.2, 0.25) is 0 Å². The third-order valence-corrected chi connectivity index (χ3v) is 3.44. The van der Waals surface area contributed by atoms with Gasteiger partial charge in [-0.25, -0.2) is 4.79 Å². The highest BCUT2D eigenvalue weighted by Gasteiger charge is 2.17. The number of carbonyl (C=O) groups is 1. The topological polar surface area (TPSA) is 53.4 Å². The van der Waals surface area contributed by atoms with Gasteiger partial charge in [0.05, 0.1) is 11.1 Å². The number of benzene rings is 1. The molecule has 1 aliphatic rings. The number of aromatic carboxylic acids is 1. The standard InChI is InChI=1S/C14H14N2O2/c1-9-5-10-6-11(14(17)18)8-15-12(10)7-13(9)16-3-2-4-16/h5-8H,2-4H2,1H3,(H,17,18). The summed E-state index contributed by atoms with van der Waals surface area (Å²) in [4.78, 5) is 17.5. The molecule has 0 spiro atoms. The minimum absolute atomic E-state index is 0.235. The van der Waals surface area contributed by atoms with E-state index in [9.17, 15) is 4.79 Å². The smallest absolute Gasteiger partial charge is 0.337 e. The van der Waals surface area contributed by atoms with Crippen LogP contribution >= 0.6 is 0 Å². The summed E-state index contributed by atoms with van der Waals surface area (Å²) in [5, 5.41) is 9.84. The van der Waals surface area contributed by atoms with Crippen molar-refractivity contribution in [3.05, 3.63) is 35.5 Å². The van der Waals surface area contributed by atoms with Gasteiger partial charge >= 0.3 is 5.97 Å². The van der Waals surface area contributed by atoms with E-state index in [1.807, 2.05) is 6.07 Å². The second-order valence-corrected chi connectivity index (χ2v) is 4.70. The summed E-state index contributed by atoms with van der Waals surface area (Å²) in [5.74, 6) is -0.936. The first-order valence-electron chi connectivity index (χ1n) is 6.04. The molecule has 18 heavy (non-hydrogen) atoms. The van der Waals surface area contributed by atoms with Crippen LogP contribution in [0.3, 0.4) is 0 Å². The Morgan fingerprint density at radius 1 is 1.33 bits per heavy atom. The Hall–Kier alpha value is -2.10. The lowest BCUT2D eigenvalue weighted by molar-refractivity contribution is 0.0696. The van der Waals surface area contributed by atoms with Gasteiger partial charge in [-0.1, -0.05) is 0 Å². The number of carboxylic acids is 1. The number of nitrogens with zero attached hydrogens (tertiary/aromatic N) is 2. The Labute approximate surface area is 105 Å². The quantitative estimate of drug-likeness (QED) is 0.878. The molecule has 4 nitrogen and oxygen atoms in total. The van der Waals surface area contributed by atoms with E-state index in [-0.39, 0.29) is 5.56 Å². The van der Waals surface area contributed by atoms with Gasteiger partial charge < -0.3 is 10.0 Å². The van der Waals surface area contributed by atoms with E-state index in [2.05, 4.69) is 22.9 Å². The lowest BCUT2D eigenvalue weighted by Crippen LogP contribution is -2.37. The first-order chi connectivity index (χ1) is 8.65. The Kier molecular flexibility index (Phi) is 2.44. The number of rotatable bonds is 2. The summed E-state index contributed by atoms with van der Waals surface area (Å²) in [6, 6.07) is 5.75. The predicted molar refractivity (Wildman–Crippen MR) is 70.3 cm³/mol. The van der Waals surface area contributed by atoms with Crippen molar-refractivity contribution in [1.29, 1.82) is 0 Å². The number of anilines is 1. The molecule has 0 radical (unpaired) electrons. The van der Waals surface area contributed by atoms with Crippen LogP contribution in [0, 0.1) is 6.92 Å². The summed E-state index contributed by atoms with van der Waals surface area (Å²) in [5.41, 5.74) is 3.47. The number of pyridine rings is 1. The van der Waals surface area contributed by atoms with Gasteiger partial charge in [0.1, 0.15) is 0 Å². The average molecular weight is 242 g/mol. The lowest BCUT2D eigenvalue weighted by Gasteiger charge is -2.34. The van der Waals surface area contributed by atoms with Crippen LogP contribution in [0.15, 0.2) is 24.4 Å². The van der Waals surface area contributed by atoms with E-state index in [0.717, 1.165) is 24.0 Å². The summed E-state index contributed by atoms with van der Waals surface area (Å²) < 4.78 is 0. The normalized spacial score (nSPS) is 14.6. The lowest BCUT2D eigenvalue weighted by atomic mass is 10.0. The third kappa shape index (κ3) is 1.70. The molecule has 3 rings (SSSR count). The number of fused-ring (bicyclic) bond motifs is 1. The molecule has 0 aliphatic carbocycles. The molecule has 1 fully saturated rings. The average Bonchev–Trinajstić information content (AvgIpc) is 2.27. The predicted octanol–water partition coefficient (Wildman–Crippen LogP) is 2.45. The molecule has 0 atom stereocenters. The highest BCUT2D eigenvalue weighted by molar-refractivity contribution is 5.93. The maximum absolute atomic E-state index is 10.9. The number of hydrogen-bond donors (Lipinski definition) is 1. The summed E-state index contributed by atoms with van der Waals surface area (Å²) in [6.45, 7) is 4.25. The van der Waals surface area contributed by atoms with Gasteiger partial charge in [0.25, 0.3) is 0 Å². The molecule has 1 N–H and O–H groups in total. The highest BCUT2D eigenvalue weighted by atomic mass is 16.4. The molecule has 0 unspecified atom stereocenters. The van der Waals surface area contributed by atoms with Crippen molar-refractivity contribution >= 4 is 22.6 Å². The van der Waals surface area contributed by atoms with Crippen LogP contribution in [0.5, 0.6) is 0 Å². The number of aryl methyl sites for hydroxylation is 1. The first-order valence-corrected chi connectivity index (χ1v) is 6.04. The van der Waals surface area contributed by atoms with Crippen LogP contribution in [0.25, 0.3) is 10.9 Å². The number of aromatic nitrogens is 1. The van der Waals surface area contributed by atoms with E-state index >= 15 is 0 Å². The molecule has 4 heteroatoms. The fourth-order valence-corrected chi connectivity index (χ4v) is 2.29. The van der Waals surface area contributed by atoms with Gasteiger partial charge in [0.15, 0.2) is 0 Å². The van der Waals surface area contributed by atoms with Crippen LogP contribution in [0.2, 0.25) is 0 Å². The van der Waals surface area contributed by atoms with Crippen molar-refractivity contribution < 1.29 is 9.90 Å². The maximum atomic E-state index is 10.9. The Bertz CT molecular complexity index is 633. The largest absolute Gasteiger partial charge is 0.478 e. The van der Waals surface area contributed by atoms with Crippen molar-refractivity contribution in [2.24, 2.45) is 0 Å². The molecule has 1 aliphatic heterocycles. The van der Waals surface area contributed by atoms with Crippen LogP contribution < -0.4 is 4.90 Å². The molecular weight excluding hydrogens is 228 g/mol. The Morgan fingerprint density at radius 3 is 2.72 bits per heavy atom. The van der Waals surface area contributed by atoms with Gasteiger partial charge in [-0.2, -0.15) is 0 Å². The molecule has 2 heterocycles. The van der Waals surface area contributed by atoms with Crippen molar-refractivity contribution in [2.45, 2.75) is 13.3 Å². The van der Waals surface area contributed by atoms with E-state index in [4.69, 9.17) is 5.11 Å². The van der Waals surface area contributed by atoms with Crippen LogP contribution in [-0.4, -0.2) is 29.1 Å². The van der Waals surface area contributed by atoms with Crippen molar-refractivity contribution in [3.8, 4) is 0 Å². The van der Waals surface area contributed by atoms with Crippen LogP contribution in [0.1, 0.15) is 22.3 Å². The molecule has 1 saturated heterocycles. The molecular formula is C14H14N2O2. The second kappa shape index (κ2) is 3.98. The monoisotopic (exact) mass is 242 g/mol. The SMILES string of the molecule is Cc1cc2cc(C(=O)O)cnc2cc1N1CCC1. The van der Waals surface area contributed by atoms with E-state index < -0.39 is 5.97 Å². The van der Waals surface area contributed by atoms with Crippen molar-refractivity contribution in [1.82, 2.24) is 4.98 Å². The summed E-state index contributed by atoms with van der Waals surface area (Å²) in [6.07, 6.45) is 2.66. The third-order valence-electron chi connectivity index (χ3n) is 3.44. The zero-order valence-corrected chi connectivity index (χ0v) is 10.2. The molecule has 92 valence electrons. The minimum Gasteiger partial charge on any atom is -0.478 e. The van der Waals surface area contributed by atoms with Crippen LogP contribution in [0.4, 0.5) is 5.69 Å². The second-order valence-electron chi connectivity index (χ2n) is 4.70. The van der Waals surface area contributed by atoms with Crippen molar-refractivity contribution in [3.63, 3.8) is 0 Å². The van der Waals surface area contributed by atoms with Gasteiger partial charge in [0, 0.05) is 30.4 Å². The van der Waals surface area contributed by atoms with Gasteiger partial charge in [-0.15, -0.1) is 0 Å². The summed E-state index contributed by atoms with van der Waals surface area (Å²) >= 11 is 0. The molecule has 0 amide bonds. The Balaban J connectivity index is 2.13. The maximum Gasteiger partial charge on any atom is 0.337 e. The van der Waals surface area contributed by atoms with Gasteiger partial charge in [-0.05, 0) is 37.1 Å². The zero-order valence-electron chi connectivity index (χ0n) is 10.2. The molecule has 0 bridgehead atoms. The van der Waals surface area contributed by atoms with E-state index in [1.165, 1.54) is 23.9 Å². The fourth-order valence-electron chi connectivity index (χ4n) is 2.29. The highest BCUT2D eigenvalue weighted by Crippen LogP contribution is 2.29. The Morgan fingerprint density at radius 2 is 2.11 bits per heavy atom. The van der Waals surface area contributed by atoms with E-state index in [1.54, 1.807) is 6.07 Å². The molecule has 1 aromatic heterocycles. The molecule has 2 aromatic rings. The van der Waals surface area contributed by atoms with E-state index in [0.29, 0.717) is 0 Å². The first kappa shape index (κ1) is 11.0. The fraction of sp³-hybridized carbons (Fsp3) is 0.286.